The fourth-order valence-corrected chi connectivity index (χ4v) is 3.21. The third kappa shape index (κ3) is 5.32. The first kappa shape index (κ1) is 19.9. The summed E-state index contributed by atoms with van der Waals surface area (Å²) in [6.07, 6.45) is 3.35. The molecular weight excluding hydrogens is 346 g/mol. The molecule has 1 amide bonds. The monoisotopic (exact) mass is 377 g/mol. The van der Waals surface area contributed by atoms with Gasteiger partial charge in [0.25, 0.3) is 5.91 Å². The van der Waals surface area contributed by atoms with Gasteiger partial charge in [-0.1, -0.05) is 6.92 Å². The summed E-state index contributed by atoms with van der Waals surface area (Å²) in [5.74, 6) is 1.07. The Morgan fingerprint density at radius 2 is 2.11 bits per heavy atom. The van der Waals surface area contributed by atoms with Crippen LogP contribution in [0.25, 0.3) is 0 Å². The number of hydrogen-bond donors (Lipinski definition) is 2. The molecule has 7 heteroatoms. The molecule has 1 aliphatic heterocycles. The van der Waals surface area contributed by atoms with Crippen molar-refractivity contribution in [3.8, 4) is 5.88 Å². The minimum absolute atomic E-state index is 0.0326. The van der Waals surface area contributed by atoms with Crippen molar-refractivity contribution in [2.24, 2.45) is 11.8 Å². The number of methoxy groups -OCH3 is 1. The van der Waals surface area contributed by atoms with Gasteiger partial charge in [0.05, 0.1) is 12.7 Å². The van der Waals surface area contributed by atoms with Crippen molar-refractivity contribution in [2.45, 2.75) is 45.3 Å². The minimum Gasteiger partial charge on any atom is -0.476 e. The number of anilines is 1. The Balaban J connectivity index is 1.67. The van der Waals surface area contributed by atoms with Crippen LogP contribution >= 0.6 is 0 Å². The zero-order valence-electron chi connectivity index (χ0n) is 16.5. The largest absolute Gasteiger partial charge is 0.476 e. The van der Waals surface area contributed by atoms with Gasteiger partial charge in [-0.3, -0.25) is 4.79 Å². The maximum atomic E-state index is 12.6. The number of nitrogens with zero attached hydrogens (tertiary/aromatic N) is 2. The zero-order chi connectivity index (χ0) is 19.4. The maximum absolute atomic E-state index is 12.6. The van der Waals surface area contributed by atoms with Crippen LogP contribution in [-0.2, 0) is 4.74 Å². The molecule has 3 rings (SSSR count). The highest BCUT2D eigenvalue weighted by Crippen LogP contribution is 2.34. The fourth-order valence-electron chi connectivity index (χ4n) is 3.21. The van der Waals surface area contributed by atoms with Crippen molar-refractivity contribution in [2.75, 3.05) is 38.3 Å². The second-order valence-electron chi connectivity index (χ2n) is 7.94. The van der Waals surface area contributed by atoms with E-state index in [0.29, 0.717) is 24.1 Å². The summed E-state index contributed by atoms with van der Waals surface area (Å²) >= 11 is 0. The Kier molecular flexibility index (Phi) is 6.55. The topological polar surface area (TPSA) is 83.9 Å². The number of ether oxygens (including phenoxy) is 2. The molecule has 1 saturated carbocycles. The van der Waals surface area contributed by atoms with Crippen LogP contribution < -0.4 is 15.0 Å². The molecule has 27 heavy (non-hydrogen) atoms. The van der Waals surface area contributed by atoms with Crippen molar-refractivity contribution in [1.82, 2.24) is 10.3 Å². The molecule has 150 valence electrons. The zero-order valence-corrected chi connectivity index (χ0v) is 16.5. The van der Waals surface area contributed by atoms with Gasteiger partial charge in [0.2, 0.25) is 5.88 Å². The van der Waals surface area contributed by atoms with E-state index in [4.69, 9.17) is 9.47 Å². The van der Waals surface area contributed by atoms with Gasteiger partial charge in [-0.25, -0.2) is 4.98 Å². The number of carbonyl (C=O) groups is 1. The second kappa shape index (κ2) is 8.89. The summed E-state index contributed by atoms with van der Waals surface area (Å²) in [6, 6.07) is 3.63. The van der Waals surface area contributed by atoms with Gasteiger partial charge in [-0.15, -0.1) is 0 Å². The number of aliphatic hydroxyl groups is 1. The van der Waals surface area contributed by atoms with Crippen LogP contribution in [0.15, 0.2) is 12.1 Å². The summed E-state index contributed by atoms with van der Waals surface area (Å²) in [5, 5.41) is 12.1. The van der Waals surface area contributed by atoms with Crippen LogP contribution in [0.3, 0.4) is 0 Å². The van der Waals surface area contributed by atoms with E-state index in [2.05, 4.69) is 15.2 Å². The molecule has 0 spiro atoms. The van der Waals surface area contributed by atoms with E-state index in [1.54, 1.807) is 13.2 Å². The highest BCUT2D eigenvalue weighted by molar-refractivity contribution is 5.93. The normalized spacial score (nSPS) is 19.3. The van der Waals surface area contributed by atoms with Crippen LogP contribution in [0.4, 0.5) is 5.69 Å². The molecule has 7 nitrogen and oxygen atoms in total. The van der Waals surface area contributed by atoms with Crippen molar-refractivity contribution in [3.05, 3.63) is 17.8 Å². The lowest BCUT2D eigenvalue weighted by molar-refractivity contribution is 0.0782. The third-order valence-electron chi connectivity index (χ3n) is 5.19. The van der Waals surface area contributed by atoms with Gasteiger partial charge < -0.3 is 24.8 Å². The lowest BCUT2D eigenvalue weighted by Crippen LogP contribution is -2.52. The summed E-state index contributed by atoms with van der Waals surface area (Å²) in [7, 11) is 1.72. The Labute approximate surface area is 161 Å². The molecule has 2 atom stereocenters. The molecule has 1 aromatic rings. The van der Waals surface area contributed by atoms with Crippen molar-refractivity contribution in [1.29, 1.82) is 0 Å². The number of aromatic nitrogens is 1. The molecule has 2 heterocycles. The first-order chi connectivity index (χ1) is 13.0. The number of carbonyl (C=O) groups excluding carboxylic acids is 1. The van der Waals surface area contributed by atoms with E-state index in [-0.39, 0.29) is 30.6 Å². The number of pyridine rings is 1. The summed E-state index contributed by atoms with van der Waals surface area (Å²) < 4.78 is 11.3. The van der Waals surface area contributed by atoms with E-state index < -0.39 is 0 Å². The number of amides is 1. The number of rotatable bonds is 10. The molecule has 2 fully saturated rings. The molecule has 0 aromatic carbocycles. The smallest absolute Gasteiger partial charge is 0.270 e. The van der Waals surface area contributed by atoms with E-state index in [1.807, 2.05) is 19.9 Å². The van der Waals surface area contributed by atoms with Gasteiger partial charge in [0.1, 0.15) is 11.4 Å². The van der Waals surface area contributed by atoms with Gasteiger partial charge in [0, 0.05) is 32.8 Å². The maximum Gasteiger partial charge on any atom is 0.270 e. The molecule has 0 bridgehead atoms. The Morgan fingerprint density at radius 3 is 2.74 bits per heavy atom. The first-order valence-corrected chi connectivity index (χ1v) is 9.83. The standard InChI is InChI=1S/C20H31N3O4/c1-13(11-24)8-14(2)21-19(25)17-6-7-18(23-9-16(10-23)26-3)20(22-17)27-12-15-4-5-15/h6-7,13-16,24H,4-5,8-12H2,1-3H3,(H,21,25)/t13-,14-/m0/s1. The molecule has 1 saturated heterocycles. The molecule has 2 aliphatic rings. The summed E-state index contributed by atoms with van der Waals surface area (Å²) in [4.78, 5) is 19.2. The highest BCUT2D eigenvalue weighted by atomic mass is 16.5. The number of nitrogens with one attached hydrogen (secondary N) is 1. The van der Waals surface area contributed by atoms with Crippen LogP contribution in [0.2, 0.25) is 0 Å². The lowest BCUT2D eigenvalue weighted by atomic mass is 10.0. The van der Waals surface area contributed by atoms with E-state index >= 15 is 0 Å². The predicted molar refractivity (Wildman–Crippen MR) is 103 cm³/mol. The summed E-state index contributed by atoms with van der Waals surface area (Å²) in [5.41, 5.74) is 1.28. The molecule has 0 unspecified atom stereocenters. The third-order valence-corrected chi connectivity index (χ3v) is 5.19. The first-order valence-electron chi connectivity index (χ1n) is 9.83. The quantitative estimate of drug-likeness (QED) is 0.647. The predicted octanol–water partition coefficient (Wildman–Crippen LogP) is 1.84. The lowest BCUT2D eigenvalue weighted by Gasteiger charge is -2.40. The Morgan fingerprint density at radius 1 is 1.37 bits per heavy atom. The van der Waals surface area contributed by atoms with Crippen molar-refractivity contribution < 1.29 is 19.4 Å². The molecule has 0 radical (unpaired) electrons. The van der Waals surface area contributed by atoms with Gasteiger partial charge in [0.15, 0.2) is 0 Å². The Bertz CT molecular complexity index is 644. The van der Waals surface area contributed by atoms with Crippen LogP contribution in [0.1, 0.15) is 43.6 Å². The SMILES string of the molecule is COC1CN(c2ccc(C(=O)N[C@@H](C)C[C@H](C)CO)nc2OCC2CC2)C1. The molecule has 2 N–H and O–H groups in total. The van der Waals surface area contributed by atoms with Crippen LogP contribution in [0, 0.1) is 11.8 Å². The second-order valence-corrected chi connectivity index (χ2v) is 7.94. The van der Waals surface area contributed by atoms with E-state index in [9.17, 15) is 9.90 Å². The highest BCUT2D eigenvalue weighted by Gasteiger charge is 2.31. The average Bonchev–Trinajstić information content (AvgIpc) is 3.43. The average molecular weight is 377 g/mol. The van der Waals surface area contributed by atoms with Gasteiger partial charge >= 0.3 is 0 Å². The van der Waals surface area contributed by atoms with Crippen LogP contribution in [0.5, 0.6) is 5.88 Å². The van der Waals surface area contributed by atoms with E-state index in [1.165, 1.54) is 12.8 Å². The number of hydrogen-bond acceptors (Lipinski definition) is 6. The van der Waals surface area contributed by atoms with Gasteiger partial charge in [-0.2, -0.15) is 0 Å². The molecule has 1 aromatic heterocycles. The van der Waals surface area contributed by atoms with Gasteiger partial charge in [-0.05, 0) is 50.2 Å². The summed E-state index contributed by atoms with van der Waals surface area (Å²) in [6.45, 7) is 6.27. The molecular formula is C20H31N3O4. The Hall–Kier alpha value is -1.86. The minimum atomic E-state index is -0.214. The van der Waals surface area contributed by atoms with Crippen LogP contribution in [-0.4, -0.2) is 61.6 Å². The fraction of sp³-hybridized carbons (Fsp3) is 0.700. The van der Waals surface area contributed by atoms with E-state index in [0.717, 1.165) is 25.2 Å². The van der Waals surface area contributed by atoms with Crippen molar-refractivity contribution >= 4 is 11.6 Å². The van der Waals surface area contributed by atoms with Crippen molar-refractivity contribution in [3.63, 3.8) is 0 Å². The number of aliphatic hydroxyl groups excluding tert-OH is 1. The molecule has 1 aliphatic carbocycles.